The van der Waals surface area contributed by atoms with Gasteiger partial charge < -0.3 is 0 Å². The number of azide groups is 1. The van der Waals surface area contributed by atoms with E-state index in [-0.39, 0.29) is 11.3 Å². The third kappa shape index (κ3) is 2.86. The van der Waals surface area contributed by atoms with Crippen molar-refractivity contribution in [1.29, 1.82) is 0 Å². The number of hydrogen-bond acceptors (Lipinski definition) is 1. The van der Waals surface area contributed by atoms with Crippen LogP contribution in [0.5, 0.6) is 0 Å². The monoisotopic (exact) mass is 263 g/mol. The Bertz CT molecular complexity index is 629. The van der Waals surface area contributed by atoms with Crippen LogP contribution in [-0.2, 0) is 6.18 Å². The van der Waals surface area contributed by atoms with Gasteiger partial charge in [-0.25, -0.2) is 0 Å². The summed E-state index contributed by atoms with van der Waals surface area (Å²) in [6, 6.07) is 11.5. The highest BCUT2D eigenvalue weighted by molar-refractivity contribution is 5.76. The second-order valence-corrected chi connectivity index (χ2v) is 3.79. The molecule has 0 aliphatic rings. The first kappa shape index (κ1) is 13.0. The molecule has 2 aromatic carbocycles. The van der Waals surface area contributed by atoms with Crippen LogP contribution in [0.4, 0.5) is 18.9 Å². The highest BCUT2D eigenvalue weighted by atomic mass is 19.4. The van der Waals surface area contributed by atoms with Crippen molar-refractivity contribution in [1.82, 2.24) is 0 Å². The second kappa shape index (κ2) is 5.04. The fraction of sp³-hybridized carbons (Fsp3) is 0.0769. The van der Waals surface area contributed by atoms with E-state index in [1.807, 2.05) is 0 Å². The summed E-state index contributed by atoms with van der Waals surface area (Å²) in [6.07, 6.45) is -4.43. The molecule has 19 heavy (non-hydrogen) atoms. The summed E-state index contributed by atoms with van der Waals surface area (Å²) in [5, 5.41) is 3.42. The number of nitrogens with zero attached hydrogens (tertiary/aromatic N) is 3. The van der Waals surface area contributed by atoms with Gasteiger partial charge in [-0.15, -0.1) is 0 Å². The maximum atomic E-state index is 12.7. The maximum absolute atomic E-state index is 12.7. The Morgan fingerprint density at radius 3 is 2.26 bits per heavy atom. The molecule has 0 aromatic heterocycles. The largest absolute Gasteiger partial charge is 0.416 e. The molecular weight excluding hydrogens is 255 g/mol. The first-order valence-corrected chi connectivity index (χ1v) is 5.34. The molecule has 0 spiro atoms. The van der Waals surface area contributed by atoms with E-state index in [1.165, 1.54) is 6.07 Å². The highest BCUT2D eigenvalue weighted by Gasteiger charge is 2.31. The van der Waals surface area contributed by atoms with Crippen molar-refractivity contribution in [2.45, 2.75) is 6.18 Å². The van der Waals surface area contributed by atoms with Crippen molar-refractivity contribution in [3.63, 3.8) is 0 Å². The zero-order chi connectivity index (χ0) is 13.9. The molecular formula is C13H8F3N3. The van der Waals surface area contributed by atoms with E-state index in [1.54, 1.807) is 30.3 Å². The zero-order valence-corrected chi connectivity index (χ0v) is 9.59. The summed E-state index contributed by atoms with van der Waals surface area (Å²) in [5.74, 6) is 0. The molecule has 0 amide bonds. The topological polar surface area (TPSA) is 48.8 Å². The highest BCUT2D eigenvalue weighted by Crippen LogP contribution is 2.37. The van der Waals surface area contributed by atoms with Gasteiger partial charge in [0.2, 0.25) is 0 Å². The predicted octanol–water partition coefficient (Wildman–Crippen LogP) is 5.31. The molecule has 2 rings (SSSR count). The van der Waals surface area contributed by atoms with Crippen LogP contribution in [0.25, 0.3) is 21.6 Å². The number of halogens is 3. The molecule has 0 heterocycles. The lowest BCUT2D eigenvalue weighted by molar-refractivity contribution is -0.137. The van der Waals surface area contributed by atoms with Crippen molar-refractivity contribution >= 4 is 5.69 Å². The lowest BCUT2D eigenvalue weighted by Gasteiger charge is -2.11. The summed E-state index contributed by atoms with van der Waals surface area (Å²) in [4.78, 5) is 2.63. The van der Waals surface area contributed by atoms with Gasteiger partial charge in [-0.3, -0.25) is 0 Å². The Morgan fingerprint density at radius 1 is 1.00 bits per heavy atom. The smallest absolute Gasteiger partial charge is 0.166 e. The van der Waals surface area contributed by atoms with Gasteiger partial charge in [0.25, 0.3) is 0 Å². The Morgan fingerprint density at radius 2 is 1.68 bits per heavy atom. The third-order valence-corrected chi connectivity index (χ3v) is 2.56. The molecule has 0 saturated heterocycles. The molecule has 0 aliphatic heterocycles. The predicted molar refractivity (Wildman–Crippen MR) is 65.7 cm³/mol. The van der Waals surface area contributed by atoms with Gasteiger partial charge >= 0.3 is 6.18 Å². The first-order chi connectivity index (χ1) is 9.02. The van der Waals surface area contributed by atoms with Crippen LogP contribution >= 0.6 is 0 Å². The number of benzene rings is 2. The molecule has 0 fully saturated rings. The molecule has 0 unspecified atom stereocenters. The minimum absolute atomic E-state index is 0.168. The molecule has 0 saturated carbocycles. The molecule has 96 valence electrons. The average Bonchev–Trinajstić information content (AvgIpc) is 2.39. The SMILES string of the molecule is [N-]=[N+]=Nc1ccc(C(F)(F)F)cc1-c1ccccc1. The summed E-state index contributed by atoms with van der Waals surface area (Å²) in [6.45, 7) is 0. The lowest BCUT2D eigenvalue weighted by Crippen LogP contribution is -2.04. The average molecular weight is 263 g/mol. The summed E-state index contributed by atoms with van der Waals surface area (Å²) < 4.78 is 38.1. The van der Waals surface area contributed by atoms with Crippen molar-refractivity contribution in [2.24, 2.45) is 5.11 Å². The molecule has 6 heteroatoms. The van der Waals surface area contributed by atoms with Crippen LogP contribution < -0.4 is 0 Å². The molecule has 0 radical (unpaired) electrons. The van der Waals surface area contributed by atoms with Gasteiger partial charge in [-0.05, 0) is 28.8 Å². The minimum Gasteiger partial charge on any atom is -0.166 e. The molecule has 2 aromatic rings. The first-order valence-electron chi connectivity index (χ1n) is 5.34. The number of hydrogen-bond donors (Lipinski definition) is 0. The van der Waals surface area contributed by atoms with Crippen molar-refractivity contribution < 1.29 is 13.2 Å². The molecule has 0 N–H and O–H groups in total. The summed E-state index contributed by atoms with van der Waals surface area (Å²) in [5.41, 5.74) is 8.67. The fourth-order valence-corrected chi connectivity index (χ4v) is 1.70. The Hall–Kier alpha value is -2.46. The molecule has 0 aliphatic carbocycles. The third-order valence-electron chi connectivity index (χ3n) is 2.56. The van der Waals surface area contributed by atoms with Crippen molar-refractivity contribution in [2.75, 3.05) is 0 Å². The van der Waals surface area contributed by atoms with Gasteiger partial charge in [-0.1, -0.05) is 41.5 Å². The zero-order valence-electron chi connectivity index (χ0n) is 9.59. The van der Waals surface area contributed by atoms with E-state index in [4.69, 9.17) is 5.53 Å². The fourth-order valence-electron chi connectivity index (χ4n) is 1.70. The van der Waals surface area contributed by atoms with E-state index >= 15 is 0 Å². The standard InChI is InChI=1S/C13H8F3N3/c14-13(15,16)10-6-7-12(18-19-17)11(8-10)9-4-2-1-3-5-9/h1-8H. The van der Waals surface area contributed by atoms with Crippen molar-refractivity contribution in [3.8, 4) is 11.1 Å². The summed E-state index contributed by atoms with van der Waals surface area (Å²) >= 11 is 0. The molecule has 0 bridgehead atoms. The van der Waals surface area contributed by atoms with Gasteiger partial charge in [-0.2, -0.15) is 13.2 Å². The van der Waals surface area contributed by atoms with Gasteiger partial charge in [0.15, 0.2) is 0 Å². The van der Waals surface area contributed by atoms with Crippen LogP contribution in [0.2, 0.25) is 0 Å². The van der Waals surface area contributed by atoms with Gasteiger partial charge in [0.05, 0.1) is 5.56 Å². The van der Waals surface area contributed by atoms with E-state index in [0.29, 0.717) is 5.56 Å². The normalized spacial score (nSPS) is 10.9. The van der Waals surface area contributed by atoms with Crippen LogP contribution in [0.3, 0.4) is 0 Å². The van der Waals surface area contributed by atoms with E-state index in [2.05, 4.69) is 10.0 Å². The van der Waals surface area contributed by atoms with E-state index in [0.717, 1.165) is 12.1 Å². The molecule has 3 nitrogen and oxygen atoms in total. The van der Waals surface area contributed by atoms with Crippen LogP contribution in [0, 0.1) is 0 Å². The summed E-state index contributed by atoms with van der Waals surface area (Å²) in [7, 11) is 0. The number of rotatable bonds is 2. The lowest BCUT2D eigenvalue weighted by atomic mass is 10.0. The van der Waals surface area contributed by atoms with Gasteiger partial charge in [0, 0.05) is 10.6 Å². The van der Waals surface area contributed by atoms with E-state index < -0.39 is 11.7 Å². The number of alkyl halides is 3. The minimum atomic E-state index is -4.43. The quantitative estimate of drug-likeness (QED) is 0.400. The maximum Gasteiger partial charge on any atom is 0.416 e. The van der Waals surface area contributed by atoms with Crippen LogP contribution in [0.1, 0.15) is 5.56 Å². The van der Waals surface area contributed by atoms with Crippen LogP contribution in [-0.4, -0.2) is 0 Å². The van der Waals surface area contributed by atoms with Crippen molar-refractivity contribution in [3.05, 3.63) is 64.5 Å². The Kier molecular flexibility index (Phi) is 3.44. The Balaban J connectivity index is 2.64. The van der Waals surface area contributed by atoms with Gasteiger partial charge in [0.1, 0.15) is 0 Å². The second-order valence-electron chi connectivity index (χ2n) is 3.79. The van der Waals surface area contributed by atoms with E-state index in [9.17, 15) is 13.2 Å². The Labute approximate surface area is 106 Å². The molecule has 0 atom stereocenters. The van der Waals surface area contributed by atoms with Crippen LogP contribution in [0.15, 0.2) is 53.6 Å².